The van der Waals surface area contributed by atoms with Gasteiger partial charge >= 0.3 is 19.2 Å². The summed E-state index contributed by atoms with van der Waals surface area (Å²) in [6.45, 7) is -1.56. The Labute approximate surface area is 216 Å². The van der Waals surface area contributed by atoms with E-state index in [-0.39, 0.29) is 6.42 Å². The van der Waals surface area contributed by atoms with Crippen molar-refractivity contribution in [3.63, 3.8) is 0 Å². The first-order chi connectivity index (χ1) is 18.5. The second kappa shape index (κ2) is 11.5. The van der Waals surface area contributed by atoms with E-state index in [2.05, 4.69) is 0 Å². The summed E-state index contributed by atoms with van der Waals surface area (Å²) < 4.78 is 35.7. The topological polar surface area (TPSA) is 268 Å². The van der Waals surface area contributed by atoms with Gasteiger partial charge in [0, 0.05) is 36.9 Å². The van der Waals surface area contributed by atoms with E-state index in [1.807, 2.05) is 16.0 Å². The molecule has 4 heterocycles. The van der Waals surface area contributed by atoms with Gasteiger partial charge in [-0.1, -0.05) is 0 Å². The number of nitriles is 1. The number of aliphatic hydroxyl groups is 3. The summed E-state index contributed by atoms with van der Waals surface area (Å²) in [6.07, 6.45) is -8.48. The van der Waals surface area contributed by atoms with Gasteiger partial charge in [-0.3, -0.25) is 37.7 Å². The average Bonchev–Trinajstić information content (AvgIpc) is 3.34. The van der Waals surface area contributed by atoms with E-state index in [4.69, 9.17) is 18.5 Å². The van der Waals surface area contributed by atoms with Crippen LogP contribution in [-0.4, -0.2) is 83.0 Å². The van der Waals surface area contributed by atoms with Crippen LogP contribution in [0.2, 0.25) is 0 Å². The molecule has 9 atom stereocenters. The molecule has 0 radical (unpaired) electrons. The molecule has 19 heteroatoms. The van der Waals surface area contributed by atoms with Crippen LogP contribution in [0.15, 0.2) is 43.7 Å². The van der Waals surface area contributed by atoms with Crippen molar-refractivity contribution >= 4 is 7.82 Å². The highest BCUT2D eigenvalue weighted by molar-refractivity contribution is 7.47. The first-order valence-corrected chi connectivity index (χ1v) is 12.9. The molecule has 0 saturated carbocycles. The van der Waals surface area contributed by atoms with Gasteiger partial charge in [-0.15, -0.1) is 0 Å². The number of H-pyrrole nitrogens is 2. The van der Waals surface area contributed by atoms with Crippen molar-refractivity contribution in [3.8, 4) is 6.07 Å². The Balaban J connectivity index is 1.48. The standard InChI is InChI=1S/C20H24N5O13P/c21-4-1-9-16(10(7-26)36-17(9)24-5-2-12(27)22-19(24)31)38-39(33,34)35-8-11-14(29)15(30)18(37-11)25-6-3-13(28)23-20(25)32/h2-3,5-6,9-11,14-18,26,29-30H,1,7-8H2,(H,33,34)(H,22,27,31)(H,23,28,32)/t9-,10-,11-,14-,15-,16+,17-,18-/m1/s1. The normalized spacial score (nSPS) is 32.1. The highest BCUT2D eigenvalue weighted by Gasteiger charge is 2.50. The zero-order valence-electron chi connectivity index (χ0n) is 19.8. The summed E-state index contributed by atoms with van der Waals surface area (Å²) in [6, 6.07) is 3.85. The van der Waals surface area contributed by atoms with Gasteiger partial charge in [0.25, 0.3) is 11.1 Å². The predicted octanol–water partition coefficient (Wildman–Crippen LogP) is -3.37. The molecule has 2 saturated heterocycles. The minimum atomic E-state index is -5.03. The molecule has 18 nitrogen and oxygen atoms in total. The molecule has 2 fully saturated rings. The maximum Gasteiger partial charge on any atom is 0.472 e. The number of aliphatic hydroxyl groups excluding tert-OH is 3. The van der Waals surface area contributed by atoms with Gasteiger partial charge in [0.15, 0.2) is 6.23 Å². The van der Waals surface area contributed by atoms with Crippen LogP contribution >= 0.6 is 7.82 Å². The van der Waals surface area contributed by atoms with Crippen LogP contribution in [0.5, 0.6) is 0 Å². The molecule has 0 spiro atoms. The summed E-state index contributed by atoms with van der Waals surface area (Å²) in [5.74, 6) is -1.08. The van der Waals surface area contributed by atoms with Crippen LogP contribution in [0, 0.1) is 17.2 Å². The third kappa shape index (κ3) is 6.01. The second-order valence-electron chi connectivity index (χ2n) is 8.69. The van der Waals surface area contributed by atoms with Crippen molar-refractivity contribution in [1.82, 2.24) is 19.1 Å². The lowest BCUT2D eigenvalue weighted by molar-refractivity contribution is -0.0614. The van der Waals surface area contributed by atoms with E-state index in [1.165, 1.54) is 0 Å². The number of hydrogen-bond acceptors (Lipinski definition) is 13. The van der Waals surface area contributed by atoms with E-state index < -0.39 is 92.4 Å². The molecule has 6 N–H and O–H groups in total. The Morgan fingerprint density at radius 2 is 1.54 bits per heavy atom. The van der Waals surface area contributed by atoms with E-state index in [9.17, 15) is 49.2 Å². The van der Waals surface area contributed by atoms with Gasteiger partial charge in [-0.05, 0) is 0 Å². The lowest BCUT2D eigenvalue weighted by Gasteiger charge is -2.25. The van der Waals surface area contributed by atoms with Gasteiger partial charge in [-0.25, -0.2) is 14.2 Å². The molecule has 0 bridgehead atoms. The van der Waals surface area contributed by atoms with Gasteiger partial charge in [0.2, 0.25) is 0 Å². The summed E-state index contributed by atoms with van der Waals surface area (Å²) in [4.78, 5) is 61.3. The fourth-order valence-electron chi connectivity index (χ4n) is 4.39. The molecular weight excluding hydrogens is 549 g/mol. The van der Waals surface area contributed by atoms with E-state index >= 15 is 0 Å². The number of rotatable bonds is 9. The van der Waals surface area contributed by atoms with Gasteiger partial charge in [0.1, 0.15) is 36.7 Å². The first-order valence-electron chi connectivity index (χ1n) is 11.4. The largest absolute Gasteiger partial charge is 0.472 e. The Bertz CT molecular complexity index is 1510. The molecule has 1 unspecified atom stereocenters. The SMILES string of the molecule is N#CC[C@@H]1[C@H](OP(=O)(O)OC[C@H]2O[C@@H](n3ccc(=O)[nH]c3=O)[C@H](O)[C@@H]2O)[C@@H](CO)O[C@H]1n1ccc(=O)[nH]c1=O. The number of phosphoric acid groups is 1. The van der Waals surface area contributed by atoms with Crippen molar-refractivity contribution in [3.05, 3.63) is 66.2 Å². The summed E-state index contributed by atoms with van der Waals surface area (Å²) in [7, 11) is -5.03. The minimum Gasteiger partial charge on any atom is -0.394 e. The predicted molar refractivity (Wildman–Crippen MR) is 124 cm³/mol. The van der Waals surface area contributed by atoms with Gasteiger partial charge < -0.3 is 29.7 Å². The van der Waals surface area contributed by atoms with Crippen molar-refractivity contribution in [2.45, 2.75) is 49.4 Å². The van der Waals surface area contributed by atoms with Crippen LogP contribution in [0.1, 0.15) is 18.9 Å². The fraction of sp³-hybridized carbons (Fsp3) is 0.550. The zero-order chi connectivity index (χ0) is 28.5. The van der Waals surface area contributed by atoms with Crippen molar-refractivity contribution in [2.75, 3.05) is 13.2 Å². The third-order valence-corrected chi connectivity index (χ3v) is 7.21. The molecule has 2 aromatic rings. The van der Waals surface area contributed by atoms with Gasteiger partial charge in [0.05, 0.1) is 19.3 Å². The molecule has 0 aromatic carbocycles. The number of nitrogens with zero attached hydrogens (tertiary/aromatic N) is 3. The van der Waals surface area contributed by atoms with E-state index in [0.29, 0.717) is 0 Å². The monoisotopic (exact) mass is 573 g/mol. The maximum absolute atomic E-state index is 12.8. The lowest BCUT2D eigenvalue weighted by atomic mass is 9.97. The smallest absolute Gasteiger partial charge is 0.394 e. The minimum absolute atomic E-state index is 0.357. The zero-order valence-corrected chi connectivity index (χ0v) is 20.7. The van der Waals surface area contributed by atoms with Crippen LogP contribution in [0.4, 0.5) is 0 Å². The molecule has 2 aliphatic heterocycles. The number of aromatic nitrogens is 4. The lowest BCUT2D eigenvalue weighted by Crippen LogP contribution is -2.37. The number of nitrogens with one attached hydrogen (secondary N) is 2. The summed E-state index contributed by atoms with van der Waals surface area (Å²) in [5.41, 5.74) is -3.23. The Morgan fingerprint density at radius 1 is 0.974 bits per heavy atom. The summed E-state index contributed by atoms with van der Waals surface area (Å²) >= 11 is 0. The third-order valence-electron chi connectivity index (χ3n) is 6.22. The van der Waals surface area contributed by atoms with Crippen molar-refractivity contribution < 1.29 is 43.3 Å². The van der Waals surface area contributed by atoms with Crippen LogP contribution in [0.3, 0.4) is 0 Å². The molecule has 2 aliphatic rings. The summed E-state index contributed by atoms with van der Waals surface area (Å²) in [5, 5.41) is 39.7. The molecular formula is C20H24N5O13P. The Hall–Kier alpha value is -3.24. The molecule has 0 aliphatic carbocycles. The fourth-order valence-corrected chi connectivity index (χ4v) is 5.38. The number of aromatic amines is 2. The van der Waals surface area contributed by atoms with E-state index in [0.717, 1.165) is 33.7 Å². The average molecular weight is 573 g/mol. The maximum atomic E-state index is 12.8. The van der Waals surface area contributed by atoms with Crippen LogP contribution in [-0.2, 0) is 23.1 Å². The first kappa shape index (κ1) is 28.8. The molecule has 4 rings (SSSR count). The number of hydrogen-bond donors (Lipinski definition) is 6. The molecule has 39 heavy (non-hydrogen) atoms. The molecule has 0 amide bonds. The number of ether oxygens (including phenoxy) is 2. The number of phosphoric ester groups is 1. The highest BCUT2D eigenvalue weighted by Crippen LogP contribution is 2.51. The van der Waals surface area contributed by atoms with Crippen LogP contribution < -0.4 is 22.5 Å². The van der Waals surface area contributed by atoms with Crippen LogP contribution in [0.25, 0.3) is 0 Å². The second-order valence-corrected chi connectivity index (χ2v) is 10.1. The van der Waals surface area contributed by atoms with Crippen molar-refractivity contribution in [2.24, 2.45) is 5.92 Å². The highest BCUT2D eigenvalue weighted by atomic mass is 31.2. The van der Waals surface area contributed by atoms with Gasteiger partial charge in [-0.2, -0.15) is 5.26 Å². The molecule has 2 aromatic heterocycles. The van der Waals surface area contributed by atoms with E-state index in [1.54, 1.807) is 0 Å². The quantitative estimate of drug-likeness (QED) is 0.160. The Kier molecular flexibility index (Phi) is 8.46. The Morgan fingerprint density at radius 3 is 2.08 bits per heavy atom. The van der Waals surface area contributed by atoms with Crippen molar-refractivity contribution in [1.29, 1.82) is 5.26 Å². The molecule has 212 valence electrons.